The number of benzene rings is 2. The molecule has 0 unspecified atom stereocenters. The summed E-state index contributed by atoms with van der Waals surface area (Å²) >= 11 is 5.77. The van der Waals surface area contributed by atoms with E-state index in [9.17, 15) is 39.9 Å². The average Bonchev–Trinajstić information content (AvgIpc) is 2.76. The highest BCUT2D eigenvalue weighted by molar-refractivity contribution is 6.30. The predicted molar refractivity (Wildman–Crippen MR) is 107 cm³/mol. The zero-order chi connectivity index (χ0) is 25.3. The molecule has 0 spiro atoms. The standard InChI is InChI=1S/C22H13ClF8N2O/c23-14-7-13(9-32-10-14)12-5-6-17(18(8-12)22(29,30)31)20(24,25)11-33-19(34)15-3-1-2-4-16(15)21(26,27)28/h1-10H,11H2,(H,33,34). The van der Waals surface area contributed by atoms with Crippen LogP contribution in [0.25, 0.3) is 11.1 Å². The molecule has 0 atom stereocenters. The maximum atomic E-state index is 14.8. The lowest BCUT2D eigenvalue weighted by Crippen LogP contribution is -2.37. The molecule has 180 valence electrons. The highest BCUT2D eigenvalue weighted by Gasteiger charge is 2.43. The van der Waals surface area contributed by atoms with Crippen LogP contribution >= 0.6 is 11.6 Å². The molecule has 0 radical (unpaired) electrons. The van der Waals surface area contributed by atoms with Crippen molar-refractivity contribution in [3.05, 3.63) is 88.2 Å². The number of amides is 1. The third-order valence-corrected chi connectivity index (χ3v) is 4.91. The van der Waals surface area contributed by atoms with Gasteiger partial charge in [-0.15, -0.1) is 0 Å². The molecule has 0 bridgehead atoms. The summed E-state index contributed by atoms with van der Waals surface area (Å²) in [5.41, 5.74) is -5.39. The van der Waals surface area contributed by atoms with Gasteiger partial charge in [-0.1, -0.05) is 35.9 Å². The summed E-state index contributed by atoms with van der Waals surface area (Å²) in [6.07, 6.45) is -7.71. The molecule has 1 N–H and O–H groups in total. The number of carbonyl (C=O) groups is 1. The van der Waals surface area contributed by atoms with E-state index in [1.807, 2.05) is 0 Å². The number of rotatable bonds is 5. The van der Waals surface area contributed by atoms with Gasteiger partial charge in [0.25, 0.3) is 11.8 Å². The van der Waals surface area contributed by atoms with E-state index in [-0.39, 0.29) is 16.1 Å². The van der Waals surface area contributed by atoms with Gasteiger partial charge in [0.05, 0.1) is 28.3 Å². The van der Waals surface area contributed by atoms with Gasteiger partial charge in [-0.3, -0.25) is 9.78 Å². The Morgan fingerprint density at radius 2 is 1.44 bits per heavy atom. The molecule has 1 heterocycles. The zero-order valence-electron chi connectivity index (χ0n) is 16.7. The molecule has 1 aromatic heterocycles. The minimum atomic E-state index is -5.20. The molecule has 0 saturated carbocycles. The summed E-state index contributed by atoms with van der Waals surface area (Å²) in [7, 11) is 0. The summed E-state index contributed by atoms with van der Waals surface area (Å²) in [4.78, 5) is 15.9. The Labute approximate surface area is 192 Å². The lowest BCUT2D eigenvalue weighted by molar-refractivity contribution is -0.142. The van der Waals surface area contributed by atoms with Gasteiger partial charge < -0.3 is 5.32 Å². The van der Waals surface area contributed by atoms with Gasteiger partial charge in [-0.2, -0.15) is 35.1 Å². The fourth-order valence-electron chi connectivity index (χ4n) is 3.16. The largest absolute Gasteiger partial charge is 0.417 e. The van der Waals surface area contributed by atoms with Crippen molar-refractivity contribution in [3.63, 3.8) is 0 Å². The number of halogens is 9. The normalized spacial score (nSPS) is 12.5. The van der Waals surface area contributed by atoms with Crippen molar-refractivity contribution in [2.45, 2.75) is 18.3 Å². The second-order valence-corrected chi connectivity index (χ2v) is 7.52. The van der Waals surface area contributed by atoms with E-state index in [2.05, 4.69) is 4.98 Å². The maximum absolute atomic E-state index is 14.8. The number of pyridine rings is 1. The monoisotopic (exact) mass is 508 g/mol. The second-order valence-electron chi connectivity index (χ2n) is 7.08. The first-order chi connectivity index (χ1) is 15.7. The van der Waals surface area contributed by atoms with Gasteiger partial charge in [0.15, 0.2) is 0 Å². The Balaban J connectivity index is 1.92. The topological polar surface area (TPSA) is 42.0 Å². The summed E-state index contributed by atoms with van der Waals surface area (Å²) in [6.45, 7) is -1.67. The van der Waals surface area contributed by atoms with Crippen molar-refractivity contribution in [1.82, 2.24) is 10.3 Å². The minimum Gasteiger partial charge on any atom is -0.346 e. The van der Waals surface area contributed by atoms with Crippen LogP contribution in [0, 0.1) is 0 Å². The molecule has 3 rings (SSSR count). The van der Waals surface area contributed by atoms with E-state index in [1.165, 1.54) is 18.5 Å². The Morgan fingerprint density at radius 3 is 2.06 bits per heavy atom. The number of nitrogens with zero attached hydrogens (tertiary/aromatic N) is 1. The van der Waals surface area contributed by atoms with Crippen LogP contribution in [0.1, 0.15) is 27.0 Å². The SMILES string of the molecule is O=C(NCC(F)(F)c1ccc(-c2cncc(Cl)c2)cc1C(F)(F)F)c1ccccc1C(F)(F)F. The van der Waals surface area contributed by atoms with Crippen molar-refractivity contribution in [1.29, 1.82) is 0 Å². The number of hydrogen-bond acceptors (Lipinski definition) is 2. The first-order valence-electron chi connectivity index (χ1n) is 9.35. The molecule has 12 heteroatoms. The number of hydrogen-bond donors (Lipinski definition) is 1. The van der Waals surface area contributed by atoms with Crippen LogP contribution in [0.15, 0.2) is 60.9 Å². The smallest absolute Gasteiger partial charge is 0.346 e. The number of nitrogens with one attached hydrogen (secondary N) is 1. The first-order valence-corrected chi connectivity index (χ1v) is 9.73. The van der Waals surface area contributed by atoms with E-state index in [0.717, 1.165) is 24.3 Å². The zero-order valence-corrected chi connectivity index (χ0v) is 17.5. The van der Waals surface area contributed by atoms with E-state index >= 15 is 0 Å². The Morgan fingerprint density at radius 1 is 0.794 bits per heavy atom. The molecule has 1 amide bonds. The lowest BCUT2D eigenvalue weighted by atomic mass is 9.95. The van der Waals surface area contributed by atoms with Crippen LogP contribution in [0.4, 0.5) is 35.1 Å². The van der Waals surface area contributed by atoms with Gasteiger partial charge in [0.2, 0.25) is 0 Å². The minimum absolute atomic E-state index is 0.0926. The Hall–Kier alpha value is -3.21. The third-order valence-electron chi connectivity index (χ3n) is 4.71. The molecule has 0 aliphatic heterocycles. The average molecular weight is 509 g/mol. The number of alkyl halides is 8. The lowest BCUT2D eigenvalue weighted by Gasteiger charge is -2.23. The van der Waals surface area contributed by atoms with Crippen LogP contribution in [-0.2, 0) is 18.3 Å². The van der Waals surface area contributed by atoms with E-state index < -0.39 is 53.0 Å². The molecule has 0 aliphatic rings. The second kappa shape index (κ2) is 9.21. The van der Waals surface area contributed by atoms with E-state index in [4.69, 9.17) is 11.6 Å². The van der Waals surface area contributed by atoms with Crippen molar-refractivity contribution < 1.29 is 39.9 Å². The molecular weight excluding hydrogens is 496 g/mol. The highest BCUT2D eigenvalue weighted by Crippen LogP contribution is 2.41. The summed E-state index contributed by atoms with van der Waals surface area (Å²) in [5, 5.41) is 1.71. The van der Waals surface area contributed by atoms with Crippen molar-refractivity contribution in [2.24, 2.45) is 0 Å². The van der Waals surface area contributed by atoms with Crippen LogP contribution in [0.5, 0.6) is 0 Å². The van der Waals surface area contributed by atoms with Gasteiger partial charge in [0, 0.05) is 23.5 Å². The molecule has 3 aromatic rings. The molecule has 3 nitrogen and oxygen atoms in total. The molecule has 0 fully saturated rings. The van der Waals surface area contributed by atoms with Crippen LogP contribution < -0.4 is 5.32 Å². The fraction of sp³-hybridized carbons (Fsp3) is 0.182. The summed E-state index contributed by atoms with van der Waals surface area (Å²) < 4.78 is 110. The molecular formula is C22H13ClF8N2O. The van der Waals surface area contributed by atoms with Gasteiger partial charge >= 0.3 is 12.4 Å². The van der Waals surface area contributed by atoms with E-state index in [1.54, 1.807) is 5.32 Å². The van der Waals surface area contributed by atoms with Gasteiger partial charge in [0.1, 0.15) is 0 Å². The quantitative estimate of drug-likeness (QED) is 0.379. The van der Waals surface area contributed by atoms with Crippen molar-refractivity contribution in [2.75, 3.05) is 6.54 Å². The number of carbonyl (C=O) groups excluding carboxylic acids is 1. The van der Waals surface area contributed by atoms with Crippen LogP contribution in [-0.4, -0.2) is 17.4 Å². The van der Waals surface area contributed by atoms with Crippen LogP contribution in [0.3, 0.4) is 0 Å². The fourth-order valence-corrected chi connectivity index (χ4v) is 3.33. The number of aromatic nitrogens is 1. The molecule has 34 heavy (non-hydrogen) atoms. The van der Waals surface area contributed by atoms with E-state index in [0.29, 0.717) is 18.2 Å². The molecule has 0 aliphatic carbocycles. The highest BCUT2D eigenvalue weighted by atomic mass is 35.5. The van der Waals surface area contributed by atoms with Crippen molar-refractivity contribution >= 4 is 17.5 Å². The molecule has 2 aromatic carbocycles. The van der Waals surface area contributed by atoms with Gasteiger partial charge in [-0.05, 0) is 29.8 Å². The Bertz CT molecular complexity index is 1210. The maximum Gasteiger partial charge on any atom is 0.417 e. The summed E-state index contributed by atoms with van der Waals surface area (Å²) in [5.74, 6) is -5.78. The predicted octanol–water partition coefficient (Wildman–Crippen LogP) is 6.96. The first kappa shape index (κ1) is 25.4. The summed E-state index contributed by atoms with van der Waals surface area (Å²) in [6, 6.07) is 6.75. The third kappa shape index (κ3) is 5.64. The van der Waals surface area contributed by atoms with Crippen molar-refractivity contribution in [3.8, 4) is 11.1 Å². The van der Waals surface area contributed by atoms with Crippen LogP contribution in [0.2, 0.25) is 5.02 Å². The molecule has 0 saturated heterocycles. The Kier molecular flexibility index (Phi) is 6.88. The van der Waals surface area contributed by atoms with Gasteiger partial charge in [-0.25, -0.2) is 0 Å².